The number of likely N-dealkylation sites (tertiary alicyclic amines) is 1. The molecule has 1 aromatic carbocycles. The Hall–Kier alpha value is -3.03. The van der Waals surface area contributed by atoms with Gasteiger partial charge in [0.15, 0.2) is 5.65 Å². The van der Waals surface area contributed by atoms with Crippen LogP contribution in [0, 0.1) is 0 Å². The van der Waals surface area contributed by atoms with Gasteiger partial charge in [-0.15, -0.1) is 0 Å². The van der Waals surface area contributed by atoms with Gasteiger partial charge in [-0.3, -0.25) is 4.79 Å². The van der Waals surface area contributed by atoms with E-state index in [0.29, 0.717) is 30.1 Å². The first-order chi connectivity index (χ1) is 13.1. The van der Waals surface area contributed by atoms with E-state index < -0.39 is 6.43 Å². The average Bonchev–Trinajstić information content (AvgIpc) is 3.36. The predicted octanol–water partition coefficient (Wildman–Crippen LogP) is 3.58. The molecule has 0 saturated carbocycles. The van der Waals surface area contributed by atoms with Gasteiger partial charge in [-0.1, -0.05) is 0 Å². The Labute approximate surface area is 154 Å². The third-order valence-electron chi connectivity index (χ3n) is 4.73. The van der Waals surface area contributed by atoms with Gasteiger partial charge < -0.3 is 9.64 Å². The van der Waals surface area contributed by atoms with Gasteiger partial charge in [0.1, 0.15) is 17.0 Å². The Morgan fingerprint density at radius 2 is 1.89 bits per heavy atom. The predicted molar refractivity (Wildman–Crippen MR) is 95.1 cm³/mol. The third-order valence-corrected chi connectivity index (χ3v) is 4.73. The normalized spacial score (nSPS) is 14.3. The molecule has 0 aliphatic carbocycles. The number of hydrogen-bond donors (Lipinski definition) is 0. The first-order valence-electron chi connectivity index (χ1n) is 8.69. The molecule has 6 nitrogen and oxygen atoms in total. The summed E-state index contributed by atoms with van der Waals surface area (Å²) >= 11 is 0. The van der Waals surface area contributed by atoms with Crippen LogP contribution in [0.1, 0.15) is 35.3 Å². The van der Waals surface area contributed by atoms with Gasteiger partial charge in [0.2, 0.25) is 0 Å². The molecule has 1 fully saturated rings. The Bertz CT molecular complexity index is 979. The van der Waals surface area contributed by atoms with E-state index >= 15 is 0 Å². The van der Waals surface area contributed by atoms with Crippen molar-refractivity contribution >= 4 is 11.6 Å². The largest absolute Gasteiger partial charge is 0.497 e. The molecule has 1 aliphatic heterocycles. The number of aromatic nitrogens is 3. The summed E-state index contributed by atoms with van der Waals surface area (Å²) in [6.45, 7) is 1.33. The molecule has 2 aromatic heterocycles. The van der Waals surface area contributed by atoms with E-state index in [0.717, 1.165) is 17.4 Å². The molecule has 0 spiro atoms. The quantitative estimate of drug-likeness (QED) is 0.702. The van der Waals surface area contributed by atoms with Gasteiger partial charge >= 0.3 is 0 Å². The molecule has 0 unspecified atom stereocenters. The second-order valence-corrected chi connectivity index (χ2v) is 6.39. The lowest BCUT2D eigenvalue weighted by Gasteiger charge is -2.14. The number of carbonyl (C=O) groups is 1. The summed E-state index contributed by atoms with van der Waals surface area (Å²) in [6.07, 6.45) is 0.462. The summed E-state index contributed by atoms with van der Waals surface area (Å²) in [5, 5.41) is 4.00. The molecule has 4 rings (SSSR count). The highest BCUT2D eigenvalue weighted by molar-refractivity contribution is 6.00. The zero-order chi connectivity index (χ0) is 19.0. The van der Waals surface area contributed by atoms with Crippen molar-refractivity contribution in [1.82, 2.24) is 19.5 Å². The van der Waals surface area contributed by atoms with Gasteiger partial charge in [-0.25, -0.2) is 18.3 Å². The summed E-state index contributed by atoms with van der Waals surface area (Å²) in [5.41, 5.74) is 1.10. The van der Waals surface area contributed by atoms with Gasteiger partial charge in [0.25, 0.3) is 12.3 Å². The molecule has 1 aliphatic rings. The second kappa shape index (κ2) is 6.94. The van der Waals surface area contributed by atoms with Crippen molar-refractivity contribution in [2.45, 2.75) is 19.3 Å². The van der Waals surface area contributed by atoms with Gasteiger partial charge in [-0.2, -0.15) is 5.10 Å². The minimum absolute atomic E-state index is 0.149. The Balaban J connectivity index is 1.84. The Kier molecular flexibility index (Phi) is 4.47. The Morgan fingerprint density at radius 1 is 1.19 bits per heavy atom. The number of carbonyl (C=O) groups excluding carboxylic acids is 1. The lowest BCUT2D eigenvalue weighted by molar-refractivity contribution is 0.0794. The van der Waals surface area contributed by atoms with E-state index in [9.17, 15) is 13.6 Å². The molecule has 0 bridgehead atoms. The van der Waals surface area contributed by atoms with Crippen LogP contribution < -0.4 is 4.74 Å². The number of halogens is 2. The van der Waals surface area contributed by atoms with Crippen LogP contribution in [0.2, 0.25) is 0 Å². The van der Waals surface area contributed by atoms with Gasteiger partial charge in [0, 0.05) is 18.7 Å². The monoisotopic (exact) mass is 372 g/mol. The number of nitrogens with zero attached hydrogens (tertiary/aromatic N) is 4. The van der Waals surface area contributed by atoms with E-state index in [2.05, 4.69) is 10.1 Å². The van der Waals surface area contributed by atoms with Crippen molar-refractivity contribution in [2.75, 3.05) is 20.2 Å². The van der Waals surface area contributed by atoms with Crippen molar-refractivity contribution in [3.63, 3.8) is 0 Å². The average molecular weight is 372 g/mol. The summed E-state index contributed by atoms with van der Waals surface area (Å²) in [6, 6.07) is 8.25. The lowest BCUT2D eigenvalue weighted by atomic mass is 10.1. The van der Waals surface area contributed by atoms with E-state index in [1.165, 1.54) is 12.3 Å². The van der Waals surface area contributed by atoms with Crippen molar-refractivity contribution < 1.29 is 18.3 Å². The minimum atomic E-state index is -2.75. The van der Waals surface area contributed by atoms with E-state index in [-0.39, 0.29) is 22.8 Å². The number of methoxy groups -OCH3 is 1. The maximum Gasteiger partial charge on any atom is 0.280 e. The summed E-state index contributed by atoms with van der Waals surface area (Å²) < 4.78 is 33.4. The van der Waals surface area contributed by atoms with E-state index in [4.69, 9.17) is 4.74 Å². The highest BCUT2D eigenvalue weighted by Gasteiger charge is 2.26. The number of fused-ring (bicyclic) bond motifs is 1. The summed E-state index contributed by atoms with van der Waals surface area (Å²) in [5.74, 6) is 0.435. The van der Waals surface area contributed by atoms with Crippen molar-refractivity contribution in [1.29, 1.82) is 0 Å². The van der Waals surface area contributed by atoms with Crippen LogP contribution in [0.5, 0.6) is 5.75 Å². The fourth-order valence-electron chi connectivity index (χ4n) is 3.29. The van der Waals surface area contributed by atoms with E-state index in [1.54, 1.807) is 36.3 Å². The smallest absolute Gasteiger partial charge is 0.280 e. The Morgan fingerprint density at radius 3 is 2.52 bits per heavy atom. The summed E-state index contributed by atoms with van der Waals surface area (Å²) in [4.78, 5) is 18.9. The minimum Gasteiger partial charge on any atom is -0.497 e. The zero-order valence-corrected chi connectivity index (χ0v) is 14.7. The zero-order valence-electron chi connectivity index (χ0n) is 14.7. The summed E-state index contributed by atoms with van der Waals surface area (Å²) in [7, 11) is 1.55. The highest BCUT2D eigenvalue weighted by atomic mass is 19.3. The van der Waals surface area contributed by atoms with Crippen LogP contribution in [-0.4, -0.2) is 45.6 Å². The van der Waals surface area contributed by atoms with Crippen LogP contribution in [0.4, 0.5) is 8.78 Å². The van der Waals surface area contributed by atoms with Crippen molar-refractivity contribution in [3.05, 3.63) is 47.8 Å². The molecule has 3 heterocycles. The molecule has 0 N–H and O–H groups in total. The SMILES string of the molecule is COc1ccc(-c2cc(C(F)F)n3ncc(C(=O)N4CCCC4)c3n2)cc1. The molecule has 1 amide bonds. The van der Waals surface area contributed by atoms with Crippen molar-refractivity contribution in [2.24, 2.45) is 0 Å². The van der Waals surface area contributed by atoms with Crippen LogP contribution in [0.3, 0.4) is 0 Å². The third kappa shape index (κ3) is 3.11. The van der Waals surface area contributed by atoms with Crippen molar-refractivity contribution in [3.8, 4) is 17.0 Å². The molecule has 0 radical (unpaired) electrons. The van der Waals surface area contributed by atoms with Crippen LogP contribution in [0.15, 0.2) is 36.5 Å². The fraction of sp³-hybridized carbons (Fsp3) is 0.316. The number of benzene rings is 1. The van der Waals surface area contributed by atoms with Gasteiger partial charge in [-0.05, 0) is 43.2 Å². The molecule has 27 heavy (non-hydrogen) atoms. The second-order valence-electron chi connectivity index (χ2n) is 6.39. The number of ether oxygens (including phenoxy) is 1. The molecule has 1 saturated heterocycles. The van der Waals surface area contributed by atoms with E-state index in [1.807, 2.05) is 0 Å². The lowest BCUT2D eigenvalue weighted by Crippen LogP contribution is -2.27. The van der Waals surface area contributed by atoms with Crippen LogP contribution in [0.25, 0.3) is 16.9 Å². The topological polar surface area (TPSA) is 59.7 Å². The first kappa shape index (κ1) is 17.4. The van der Waals surface area contributed by atoms with Gasteiger partial charge in [0.05, 0.1) is 19.0 Å². The van der Waals surface area contributed by atoms with Crippen LogP contribution >= 0.6 is 0 Å². The van der Waals surface area contributed by atoms with Crippen LogP contribution in [-0.2, 0) is 0 Å². The maximum atomic E-state index is 13.6. The number of rotatable bonds is 4. The number of amides is 1. The fourth-order valence-corrected chi connectivity index (χ4v) is 3.29. The molecule has 140 valence electrons. The number of alkyl halides is 2. The molecule has 8 heteroatoms. The molecule has 3 aromatic rings. The molecular formula is C19H18F2N4O2. The highest BCUT2D eigenvalue weighted by Crippen LogP contribution is 2.28. The standard InChI is InChI=1S/C19H18F2N4O2/c1-27-13-6-4-12(5-7-13)15-10-16(17(20)21)25-18(23-15)14(11-22-25)19(26)24-8-2-3-9-24/h4-7,10-11,17H,2-3,8-9H2,1H3. The number of hydrogen-bond acceptors (Lipinski definition) is 4. The maximum absolute atomic E-state index is 13.6. The first-order valence-corrected chi connectivity index (χ1v) is 8.69. The molecule has 0 atom stereocenters. The molecular weight excluding hydrogens is 354 g/mol.